The first-order valence-electron chi connectivity index (χ1n) is 6.14. The molecule has 1 aromatic heterocycles. The molecule has 3 aromatic rings. The van der Waals surface area contributed by atoms with Gasteiger partial charge in [-0.3, -0.25) is 4.21 Å². The lowest BCUT2D eigenvalue weighted by Gasteiger charge is -2.00. The van der Waals surface area contributed by atoms with Crippen molar-refractivity contribution in [3.05, 3.63) is 64.1 Å². The average Bonchev–Trinajstić information content (AvgIpc) is 2.83. The number of thiazole rings is 1. The Balaban J connectivity index is 1.70. The summed E-state index contributed by atoms with van der Waals surface area (Å²) in [6, 6.07) is 15.5. The second-order valence-corrected chi connectivity index (χ2v) is 7.44. The normalized spacial score (nSPS) is 12.7. The summed E-state index contributed by atoms with van der Waals surface area (Å²) in [5.41, 5.74) is 2.02. The molecule has 0 fully saturated rings. The van der Waals surface area contributed by atoms with Crippen LogP contribution in [0.1, 0.15) is 10.6 Å². The van der Waals surface area contributed by atoms with Crippen LogP contribution < -0.4 is 0 Å². The maximum Gasteiger partial charge on any atom is 0.106 e. The third-order valence-corrected chi connectivity index (χ3v) is 5.59. The first-order valence-corrected chi connectivity index (χ1v) is 8.83. The average molecular weight is 322 g/mol. The smallest absolute Gasteiger partial charge is 0.106 e. The highest BCUT2D eigenvalue weighted by Gasteiger charge is 2.08. The van der Waals surface area contributed by atoms with Gasteiger partial charge in [0.2, 0.25) is 0 Å². The topological polar surface area (TPSA) is 30.0 Å². The Kier molecular flexibility index (Phi) is 4.15. The van der Waals surface area contributed by atoms with Crippen LogP contribution in [0.4, 0.5) is 0 Å². The molecule has 5 heteroatoms. The summed E-state index contributed by atoms with van der Waals surface area (Å²) >= 11 is 7.45. The van der Waals surface area contributed by atoms with E-state index in [-0.39, 0.29) is 0 Å². The Morgan fingerprint density at radius 2 is 1.80 bits per heavy atom. The number of hydrogen-bond acceptors (Lipinski definition) is 3. The molecular formula is C15H12ClNOS2. The van der Waals surface area contributed by atoms with Crippen LogP contribution in [0.25, 0.3) is 10.2 Å². The van der Waals surface area contributed by atoms with E-state index >= 15 is 0 Å². The van der Waals surface area contributed by atoms with Gasteiger partial charge in [0.25, 0.3) is 0 Å². The highest BCUT2D eigenvalue weighted by molar-refractivity contribution is 7.83. The lowest BCUT2D eigenvalue weighted by Crippen LogP contribution is -1.98. The van der Waals surface area contributed by atoms with Crippen molar-refractivity contribution >= 4 is 44.0 Å². The lowest BCUT2D eigenvalue weighted by atomic mass is 10.2. The van der Waals surface area contributed by atoms with Crippen LogP contribution in [0.3, 0.4) is 0 Å². The first kappa shape index (κ1) is 13.7. The maximum absolute atomic E-state index is 12.2. The zero-order chi connectivity index (χ0) is 13.9. The number of hydrogen-bond donors (Lipinski definition) is 0. The predicted molar refractivity (Wildman–Crippen MR) is 86.6 cm³/mol. The zero-order valence-corrected chi connectivity index (χ0v) is 13.0. The van der Waals surface area contributed by atoms with Gasteiger partial charge in [-0.25, -0.2) is 4.98 Å². The van der Waals surface area contributed by atoms with Gasteiger partial charge >= 0.3 is 0 Å². The number of benzene rings is 2. The van der Waals surface area contributed by atoms with E-state index in [4.69, 9.17) is 11.6 Å². The molecule has 1 unspecified atom stereocenters. The van der Waals surface area contributed by atoms with Gasteiger partial charge in [0.15, 0.2) is 0 Å². The second kappa shape index (κ2) is 6.04. The van der Waals surface area contributed by atoms with Crippen molar-refractivity contribution in [3.63, 3.8) is 0 Å². The summed E-state index contributed by atoms with van der Waals surface area (Å²) in [4.78, 5) is 4.51. The zero-order valence-electron chi connectivity index (χ0n) is 10.6. The number of fused-ring (bicyclic) bond motifs is 1. The standard InChI is InChI=1S/C15H12ClNOS2/c16-12-7-5-11(6-8-12)9-20(18)10-15-17-13-3-1-2-4-14(13)19-15/h1-8H,9-10H2. The Labute approximate surface area is 128 Å². The predicted octanol–water partition coefficient (Wildman–Crippen LogP) is 4.40. The van der Waals surface area contributed by atoms with E-state index in [1.54, 1.807) is 11.3 Å². The fraction of sp³-hybridized carbons (Fsp3) is 0.133. The lowest BCUT2D eigenvalue weighted by molar-refractivity contribution is 0.682. The highest BCUT2D eigenvalue weighted by atomic mass is 35.5. The summed E-state index contributed by atoms with van der Waals surface area (Å²) < 4.78 is 13.3. The largest absolute Gasteiger partial charge is 0.259 e. The molecule has 2 nitrogen and oxygen atoms in total. The summed E-state index contributed by atoms with van der Waals surface area (Å²) in [6.07, 6.45) is 0. The molecule has 3 rings (SSSR count). The van der Waals surface area contributed by atoms with Crippen molar-refractivity contribution in [1.82, 2.24) is 4.98 Å². The molecule has 0 saturated heterocycles. The molecule has 0 N–H and O–H groups in total. The summed E-state index contributed by atoms with van der Waals surface area (Å²) in [6.45, 7) is 0. The van der Waals surface area contributed by atoms with Crippen molar-refractivity contribution in [1.29, 1.82) is 0 Å². The number of para-hydroxylation sites is 1. The Morgan fingerprint density at radius 1 is 1.05 bits per heavy atom. The van der Waals surface area contributed by atoms with Gasteiger partial charge in [-0.05, 0) is 29.8 Å². The molecule has 1 heterocycles. The van der Waals surface area contributed by atoms with Gasteiger partial charge in [-0.2, -0.15) is 0 Å². The summed E-state index contributed by atoms with van der Waals surface area (Å²) in [5.74, 6) is 1.04. The van der Waals surface area contributed by atoms with Gasteiger partial charge < -0.3 is 0 Å². The third kappa shape index (κ3) is 3.26. The summed E-state index contributed by atoms with van der Waals surface area (Å²) in [5, 5.41) is 1.63. The van der Waals surface area contributed by atoms with E-state index in [0.29, 0.717) is 16.5 Å². The van der Waals surface area contributed by atoms with Crippen LogP contribution in [0, 0.1) is 0 Å². The van der Waals surface area contributed by atoms with Crippen molar-refractivity contribution in [2.24, 2.45) is 0 Å². The van der Waals surface area contributed by atoms with Gasteiger partial charge in [-0.15, -0.1) is 11.3 Å². The molecule has 0 aliphatic heterocycles. The van der Waals surface area contributed by atoms with Crippen molar-refractivity contribution in [2.45, 2.75) is 11.5 Å². The molecular weight excluding hydrogens is 310 g/mol. The van der Waals surface area contributed by atoms with Crippen LogP contribution >= 0.6 is 22.9 Å². The minimum atomic E-state index is -0.950. The van der Waals surface area contributed by atoms with Crippen molar-refractivity contribution in [2.75, 3.05) is 0 Å². The van der Waals surface area contributed by atoms with Crippen LogP contribution in [-0.4, -0.2) is 9.19 Å². The minimum absolute atomic E-state index is 0.502. The number of halogens is 1. The van der Waals surface area contributed by atoms with Crippen molar-refractivity contribution < 1.29 is 4.21 Å². The molecule has 20 heavy (non-hydrogen) atoms. The quantitative estimate of drug-likeness (QED) is 0.713. The molecule has 0 bridgehead atoms. The Hall–Kier alpha value is -1.23. The van der Waals surface area contributed by atoms with E-state index in [1.807, 2.05) is 48.5 Å². The van der Waals surface area contributed by atoms with Gasteiger partial charge in [0.05, 0.1) is 16.0 Å². The number of aromatic nitrogens is 1. The maximum atomic E-state index is 12.2. The van der Waals surface area contributed by atoms with Crippen molar-refractivity contribution in [3.8, 4) is 0 Å². The minimum Gasteiger partial charge on any atom is -0.259 e. The van der Waals surface area contributed by atoms with Crippen LogP contribution in [0.2, 0.25) is 5.02 Å². The van der Waals surface area contributed by atoms with E-state index in [1.165, 1.54) is 0 Å². The van der Waals surface area contributed by atoms with Crippen LogP contribution in [-0.2, 0) is 22.3 Å². The fourth-order valence-electron chi connectivity index (χ4n) is 1.94. The molecule has 2 aromatic carbocycles. The molecule has 0 aliphatic carbocycles. The van der Waals surface area contributed by atoms with Gasteiger partial charge in [-0.1, -0.05) is 35.9 Å². The van der Waals surface area contributed by atoms with Crippen LogP contribution in [0.5, 0.6) is 0 Å². The SMILES string of the molecule is O=S(Cc1ccc(Cl)cc1)Cc1nc2ccccc2s1. The highest BCUT2D eigenvalue weighted by Crippen LogP contribution is 2.23. The number of rotatable bonds is 4. The first-order chi connectivity index (χ1) is 9.70. The molecule has 0 saturated carbocycles. The molecule has 0 amide bonds. The van der Waals surface area contributed by atoms with Gasteiger partial charge in [0, 0.05) is 21.6 Å². The Morgan fingerprint density at radius 3 is 2.55 bits per heavy atom. The molecule has 102 valence electrons. The monoisotopic (exact) mass is 321 g/mol. The fourth-order valence-corrected chi connectivity index (χ4v) is 4.46. The molecule has 0 aliphatic rings. The third-order valence-electron chi connectivity index (χ3n) is 2.86. The van der Waals surface area contributed by atoms with E-state index in [9.17, 15) is 4.21 Å². The van der Waals surface area contributed by atoms with E-state index in [2.05, 4.69) is 4.98 Å². The Bertz CT molecular complexity index is 719. The second-order valence-electron chi connectivity index (χ2n) is 4.43. The number of nitrogens with zero attached hydrogens (tertiary/aromatic N) is 1. The van der Waals surface area contributed by atoms with Gasteiger partial charge in [0.1, 0.15) is 5.01 Å². The molecule has 0 spiro atoms. The van der Waals surface area contributed by atoms with E-state index in [0.717, 1.165) is 20.8 Å². The van der Waals surface area contributed by atoms with Crippen LogP contribution in [0.15, 0.2) is 48.5 Å². The van der Waals surface area contributed by atoms with E-state index < -0.39 is 10.8 Å². The molecule has 0 radical (unpaired) electrons. The summed E-state index contributed by atoms with van der Waals surface area (Å²) in [7, 11) is -0.950. The molecule has 1 atom stereocenters.